The molecule has 3 nitrogen and oxygen atoms in total. The first-order valence-electron chi connectivity index (χ1n) is 5.35. The van der Waals surface area contributed by atoms with E-state index in [0.29, 0.717) is 5.92 Å². The summed E-state index contributed by atoms with van der Waals surface area (Å²) in [5, 5.41) is 3.45. The summed E-state index contributed by atoms with van der Waals surface area (Å²) in [5.74, 6) is 1.72. The zero-order chi connectivity index (χ0) is 10.8. The van der Waals surface area contributed by atoms with Gasteiger partial charge in [-0.1, -0.05) is 6.92 Å². The lowest BCUT2D eigenvalue weighted by molar-refractivity contribution is 0.600. The molecule has 0 spiro atoms. The Labute approximate surface area is 99.0 Å². The molecule has 15 heavy (non-hydrogen) atoms. The Bertz CT molecular complexity index is 354. The molecule has 2 heterocycles. The molecule has 4 heteroatoms. The van der Waals surface area contributed by atoms with E-state index in [2.05, 4.69) is 51.0 Å². The number of hydrogen-bond donors (Lipinski definition) is 1. The number of nitrogens with zero attached hydrogens (tertiary/aromatic N) is 2. The molecule has 1 unspecified atom stereocenters. The van der Waals surface area contributed by atoms with Gasteiger partial charge in [-0.25, -0.2) is 4.98 Å². The highest BCUT2D eigenvalue weighted by Gasteiger charge is 2.18. The first-order chi connectivity index (χ1) is 7.20. The lowest BCUT2D eigenvalue weighted by atomic mass is 10.2. The standard InChI is InChI=1S/C11H16BrN3/c1-3-15-7-8(2)5-13-10-4-9(12)6-14-11(10)15/h4,6,8,13H,3,5,7H2,1-2H3. The minimum Gasteiger partial charge on any atom is -0.382 e. The van der Waals surface area contributed by atoms with E-state index in [1.807, 2.05) is 6.20 Å². The van der Waals surface area contributed by atoms with Crippen LogP contribution < -0.4 is 10.2 Å². The van der Waals surface area contributed by atoms with Crippen LogP contribution in [0.25, 0.3) is 0 Å². The van der Waals surface area contributed by atoms with Crippen molar-refractivity contribution in [3.63, 3.8) is 0 Å². The van der Waals surface area contributed by atoms with Gasteiger partial charge >= 0.3 is 0 Å². The van der Waals surface area contributed by atoms with Crippen LogP contribution in [0.4, 0.5) is 11.5 Å². The number of anilines is 2. The number of halogens is 1. The normalized spacial score (nSPS) is 20.5. The van der Waals surface area contributed by atoms with Crippen molar-refractivity contribution in [1.82, 2.24) is 4.98 Å². The number of fused-ring (bicyclic) bond motifs is 1. The first kappa shape index (κ1) is 10.7. The fraction of sp³-hybridized carbons (Fsp3) is 0.545. The molecule has 0 fully saturated rings. The maximum atomic E-state index is 4.48. The molecular weight excluding hydrogens is 254 g/mol. The summed E-state index contributed by atoms with van der Waals surface area (Å²) in [6.45, 7) is 7.53. The van der Waals surface area contributed by atoms with Crippen LogP contribution in [0.15, 0.2) is 16.7 Å². The van der Waals surface area contributed by atoms with E-state index >= 15 is 0 Å². The molecule has 82 valence electrons. The van der Waals surface area contributed by atoms with Crippen LogP contribution in [0, 0.1) is 5.92 Å². The Hall–Kier alpha value is -0.770. The Morgan fingerprint density at radius 1 is 1.67 bits per heavy atom. The molecule has 1 aliphatic rings. The lowest BCUT2D eigenvalue weighted by Gasteiger charge is -2.22. The highest BCUT2D eigenvalue weighted by Crippen LogP contribution is 2.29. The molecule has 2 rings (SSSR count). The Morgan fingerprint density at radius 2 is 2.47 bits per heavy atom. The summed E-state index contributed by atoms with van der Waals surface area (Å²) in [6, 6.07) is 2.10. The van der Waals surface area contributed by atoms with E-state index in [1.165, 1.54) is 0 Å². The van der Waals surface area contributed by atoms with Crippen LogP contribution in [0.2, 0.25) is 0 Å². The van der Waals surface area contributed by atoms with Crippen molar-refractivity contribution in [2.24, 2.45) is 5.92 Å². The van der Waals surface area contributed by atoms with Crippen molar-refractivity contribution < 1.29 is 0 Å². The van der Waals surface area contributed by atoms with Crippen LogP contribution in [0.5, 0.6) is 0 Å². The highest BCUT2D eigenvalue weighted by molar-refractivity contribution is 9.10. The summed E-state index contributed by atoms with van der Waals surface area (Å²) in [6.07, 6.45) is 1.86. The maximum Gasteiger partial charge on any atom is 0.152 e. The Kier molecular flexibility index (Phi) is 3.14. The van der Waals surface area contributed by atoms with Gasteiger partial charge < -0.3 is 10.2 Å². The average molecular weight is 270 g/mol. The van der Waals surface area contributed by atoms with Crippen molar-refractivity contribution in [3.05, 3.63) is 16.7 Å². The second kappa shape index (κ2) is 4.39. The SMILES string of the molecule is CCN1CC(C)CNc2cc(Br)cnc21. The van der Waals surface area contributed by atoms with Crippen molar-refractivity contribution >= 4 is 27.4 Å². The zero-order valence-electron chi connectivity index (χ0n) is 9.13. The zero-order valence-corrected chi connectivity index (χ0v) is 10.7. The fourth-order valence-electron chi connectivity index (χ4n) is 1.90. The quantitative estimate of drug-likeness (QED) is 0.850. The number of nitrogens with one attached hydrogen (secondary N) is 1. The maximum absolute atomic E-state index is 4.48. The molecule has 0 aliphatic carbocycles. The highest BCUT2D eigenvalue weighted by atomic mass is 79.9. The molecular formula is C11H16BrN3. The third kappa shape index (κ3) is 2.25. The molecule has 1 aliphatic heterocycles. The van der Waals surface area contributed by atoms with Crippen LogP contribution in [0.1, 0.15) is 13.8 Å². The second-order valence-corrected chi connectivity index (χ2v) is 4.97. The lowest BCUT2D eigenvalue weighted by Crippen LogP contribution is -2.28. The summed E-state index contributed by atoms with van der Waals surface area (Å²) in [7, 11) is 0. The van der Waals surface area contributed by atoms with Crippen LogP contribution >= 0.6 is 15.9 Å². The van der Waals surface area contributed by atoms with Gasteiger partial charge in [0.05, 0.1) is 5.69 Å². The molecule has 0 saturated heterocycles. The van der Waals surface area contributed by atoms with Gasteiger partial charge in [0.2, 0.25) is 0 Å². The van der Waals surface area contributed by atoms with Crippen molar-refractivity contribution in [1.29, 1.82) is 0 Å². The monoisotopic (exact) mass is 269 g/mol. The van der Waals surface area contributed by atoms with Gasteiger partial charge in [-0.3, -0.25) is 0 Å². The topological polar surface area (TPSA) is 28.2 Å². The fourth-order valence-corrected chi connectivity index (χ4v) is 2.24. The van der Waals surface area contributed by atoms with E-state index in [9.17, 15) is 0 Å². The molecule has 1 N–H and O–H groups in total. The van der Waals surface area contributed by atoms with E-state index in [1.54, 1.807) is 0 Å². The Balaban J connectivity index is 2.38. The summed E-state index contributed by atoms with van der Waals surface area (Å²) in [4.78, 5) is 6.81. The minimum absolute atomic E-state index is 0.651. The first-order valence-corrected chi connectivity index (χ1v) is 6.14. The minimum atomic E-state index is 0.651. The Morgan fingerprint density at radius 3 is 3.20 bits per heavy atom. The van der Waals surface area contributed by atoms with Gasteiger partial charge in [-0.2, -0.15) is 0 Å². The summed E-state index contributed by atoms with van der Waals surface area (Å²) in [5.41, 5.74) is 1.13. The predicted octanol–water partition coefficient (Wildman–Crippen LogP) is 2.73. The number of rotatable bonds is 1. The largest absolute Gasteiger partial charge is 0.382 e. The second-order valence-electron chi connectivity index (χ2n) is 4.05. The summed E-state index contributed by atoms with van der Waals surface area (Å²) < 4.78 is 1.03. The van der Waals surface area contributed by atoms with Gasteiger partial charge in [0.1, 0.15) is 0 Å². The number of hydrogen-bond acceptors (Lipinski definition) is 3. The predicted molar refractivity (Wildman–Crippen MR) is 67.5 cm³/mol. The van der Waals surface area contributed by atoms with Crippen LogP contribution in [-0.2, 0) is 0 Å². The number of pyridine rings is 1. The van der Waals surface area contributed by atoms with Crippen molar-refractivity contribution in [2.75, 3.05) is 29.9 Å². The van der Waals surface area contributed by atoms with Gasteiger partial charge in [-0.05, 0) is 34.8 Å². The molecule has 1 aromatic heterocycles. The van der Waals surface area contributed by atoms with Crippen molar-refractivity contribution in [3.8, 4) is 0 Å². The van der Waals surface area contributed by atoms with Crippen molar-refractivity contribution in [2.45, 2.75) is 13.8 Å². The molecule has 0 bridgehead atoms. The van der Waals surface area contributed by atoms with Gasteiger partial charge in [0.15, 0.2) is 5.82 Å². The third-order valence-electron chi connectivity index (χ3n) is 2.69. The smallest absolute Gasteiger partial charge is 0.152 e. The number of aromatic nitrogens is 1. The summed E-state index contributed by atoms with van der Waals surface area (Å²) >= 11 is 3.45. The van der Waals surface area contributed by atoms with Gasteiger partial charge in [0.25, 0.3) is 0 Å². The molecule has 0 aromatic carbocycles. The molecule has 1 aromatic rings. The average Bonchev–Trinajstić information content (AvgIpc) is 2.38. The van der Waals surface area contributed by atoms with E-state index in [4.69, 9.17) is 0 Å². The molecule has 0 saturated carbocycles. The van der Waals surface area contributed by atoms with E-state index in [0.717, 1.165) is 35.6 Å². The molecule has 0 radical (unpaired) electrons. The van der Waals surface area contributed by atoms with Gasteiger partial charge in [0, 0.05) is 30.3 Å². The third-order valence-corrected chi connectivity index (χ3v) is 3.12. The van der Waals surface area contributed by atoms with Gasteiger partial charge in [-0.15, -0.1) is 0 Å². The van der Waals surface area contributed by atoms with Crippen LogP contribution in [-0.4, -0.2) is 24.6 Å². The van der Waals surface area contributed by atoms with Crippen LogP contribution in [0.3, 0.4) is 0 Å². The molecule has 1 atom stereocenters. The molecule has 0 amide bonds. The van der Waals surface area contributed by atoms with E-state index in [-0.39, 0.29) is 0 Å². The van der Waals surface area contributed by atoms with E-state index < -0.39 is 0 Å².